The predicted octanol–water partition coefficient (Wildman–Crippen LogP) is 4.12. The van der Waals surface area contributed by atoms with E-state index in [1.54, 1.807) is 12.1 Å². The number of esters is 1. The summed E-state index contributed by atoms with van der Waals surface area (Å²) < 4.78 is 10.3. The molecule has 0 fully saturated rings. The monoisotopic (exact) mass is 361 g/mol. The SMILES string of the molecule is CCCc1cc(C(=O)OCC(=O)Nc2cc(C)ccc2OC)sc1C. The first-order valence-corrected chi connectivity index (χ1v) is 8.97. The number of ether oxygens (including phenoxy) is 2. The van der Waals surface area contributed by atoms with Crippen LogP contribution in [0.3, 0.4) is 0 Å². The van der Waals surface area contributed by atoms with Crippen molar-refractivity contribution in [1.82, 2.24) is 0 Å². The fraction of sp³-hybridized carbons (Fsp3) is 0.368. The van der Waals surface area contributed by atoms with Gasteiger partial charge in [-0.1, -0.05) is 19.4 Å². The summed E-state index contributed by atoms with van der Waals surface area (Å²) in [6.07, 6.45) is 1.95. The highest BCUT2D eigenvalue weighted by atomic mass is 32.1. The van der Waals surface area contributed by atoms with Gasteiger partial charge in [0.1, 0.15) is 10.6 Å². The maximum absolute atomic E-state index is 12.1. The van der Waals surface area contributed by atoms with Gasteiger partial charge in [0.2, 0.25) is 0 Å². The molecule has 0 aliphatic carbocycles. The fourth-order valence-electron chi connectivity index (χ4n) is 2.45. The highest BCUT2D eigenvalue weighted by Crippen LogP contribution is 2.25. The molecule has 0 radical (unpaired) electrons. The number of amides is 1. The van der Waals surface area contributed by atoms with Gasteiger partial charge in [-0.25, -0.2) is 4.79 Å². The Hall–Kier alpha value is -2.34. The van der Waals surface area contributed by atoms with Gasteiger partial charge in [-0.05, 0) is 49.6 Å². The molecule has 134 valence electrons. The molecule has 2 aromatic rings. The molecule has 1 N–H and O–H groups in total. The Kier molecular flexibility index (Phi) is 6.58. The average Bonchev–Trinajstić information content (AvgIpc) is 2.94. The molecule has 1 aromatic heterocycles. The maximum atomic E-state index is 12.1. The van der Waals surface area contributed by atoms with Crippen molar-refractivity contribution < 1.29 is 19.1 Å². The number of hydrogen-bond donors (Lipinski definition) is 1. The summed E-state index contributed by atoms with van der Waals surface area (Å²) in [5, 5.41) is 2.71. The van der Waals surface area contributed by atoms with Gasteiger partial charge in [0.05, 0.1) is 12.8 Å². The van der Waals surface area contributed by atoms with Crippen LogP contribution in [0.15, 0.2) is 24.3 Å². The second kappa shape index (κ2) is 8.67. The van der Waals surface area contributed by atoms with Crippen molar-refractivity contribution in [3.8, 4) is 5.75 Å². The van der Waals surface area contributed by atoms with Crippen LogP contribution in [-0.4, -0.2) is 25.6 Å². The topological polar surface area (TPSA) is 64.6 Å². The van der Waals surface area contributed by atoms with E-state index in [0.29, 0.717) is 16.3 Å². The normalized spacial score (nSPS) is 10.4. The summed E-state index contributed by atoms with van der Waals surface area (Å²) >= 11 is 1.40. The molecule has 6 heteroatoms. The molecule has 1 amide bonds. The molecule has 1 heterocycles. The van der Waals surface area contributed by atoms with Crippen molar-refractivity contribution in [2.24, 2.45) is 0 Å². The summed E-state index contributed by atoms with van der Waals surface area (Å²) in [4.78, 5) is 25.8. The summed E-state index contributed by atoms with van der Waals surface area (Å²) in [6.45, 7) is 5.67. The standard InChI is InChI=1S/C19H23NO4S/c1-5-6-14-10-17(25-13(14)3)19(22)24-11-18(21)20-15-9-12(2)7-8-16(15)23-4/h7-10H,5-6,11H2,1-4H3,(H,20,21). The lowest BCUT2D eigenvalue weighted by atomic mass is 10.1. The van der Waals surface area contributed by atoms with Gasteiger partial charge < -0.3 is 14.8 Å². The minimum Gasteiger partial charge on any atom is -0.495 e. The number of carbonyl (C=O) groups excluding carboxylic acids is 2. The van der Waals surface area contributed by atoms with Crippen molar-refractivity contribution in [2.45, 2.75) is 33.6 Å². The minimum absolute atomic E-state index is 0.337. The third kappa shape index (κ3) is 5.06. The smallest absolute Gasteiger partial charge is 0.348 e. The quantitative estimate of drug-likeness (QED) is 0.754. The van der Waals surface area contributed by atoms with Gasteiger partial charge in [-0.3, -0.25) is 4.79 Å². The zero-order valence-electron chi connectivity index (χ0n) is 15.0. The number of hydrogen-bond acceptors (Lipinski definition) is 5. The van der Waals surface area contributed by atoms with E-state index in [1.165, 1.54) is 18.4 Å². The molecular weight excluding hydrogens is 338 g/mol. The van der Waals surface area contributed by atoms with Crippen LogP contribution in [0.5, 0.6) is 5.75 Å². The largest absolute Gasteiger partial charge is 0.495 e. The van der Waals surface area contributed by atoms with Crippen molar-refractivity contribution in [3.05, 3.63) is 45.1 Å². The highest BCUT2D eigenvalue weighted by Gasteiger charge is 2.16. The number of benzene rings is 1. The fourth-order valence-corrected chi connectivity index (χ4v) is 3.41. The van der Waals surface area contributed by atoms with E-state index < -0.39 is 11.9 Å². The van der Waals surface area contributed by atoms with E-state index >= 15 is 0 Å². The molecule has 0 saturated heterocycles. The molecule has 2 rings (SSSR count). The average molecular weight is 361 g/mol. The van der Waals surface area contributed by atoms with Gasteiger partial charge in [0, 0.05) is 4.88 Å². The van der Waals surface area contributed by atoms with Gasteiger partial charge in [-0.15, -0.1) is 11.3 Å². The van der Waals surface area contributed by atoms with Crippen LogP contribution >= 0.6 is 11.3 Å². The van der Waals surface area contributed by atoms with Gasteiger partial charge in [0.15, 0.2) is 6.61 Å². The van der Waals surface area contributed by atoms with Crippen LogP contribution in [0.25, 0.3) is 0 Å². The zero-order valence-corrected chi connectivity index (χ0v) is 15.8. The Morgan fingerprint density at radius 1 is 1.20 bits per heavy atom. The van der Waals surface area contributed by atoms with Crippen molar-refractivity contribution in [1.29, 1.82) is 0 Å². The third-order valence-electron chi connectivity index (χ3n) is 3.70. The van der Waals surface area contributed by atoms with E-state index in [-0.39, 0.29) is 6.61 Å². The number of nitrogens with one attached hydrogen (secondary N) is 1. The summed E-state index contributed by atoms with van der Waals surface area (Å²) in [5.74, 6) is -0.315. The highest BCUT2D eigenvalue weighted by molar-refractivity contribution is 7.14. The maximum Gasteiger partial charge on any atom is 0.348 e. The Labute approximate surface area is 152 Å². The van der Waals surface area contributed by atoms with E-state index in [9.17, 15) is 9.59 Å². The lowest BCUT2D eigenvalue weighted by molar-refractivity contribution is -0.119. The van der Waals surface area contributed by atoms with Crippen molar-refractivity contribution in [3.63, 3.8) is 0 Å². The minimum atomic E-state index is -0.471. The van der Waals surface area contributed by atoms with Crippen molar-refractivity contribution >= 4 is 28.9 Å². The van der Waals surface area contributed by atoms with Crippen LogP contribution in [0, 0.1) is 13.8 Å². The number of aryl methyl sites for hydroxylation is 3. The summed E-state index contributed by atoms with van der Waals surface area (Å²) in [7, 11) is 1.54. The molecule has 5 nitrogen and oxygen atoms in total. The molecule has 0 bridgehead atoms. The Morgan fingerprint density at radius 2 is 1.96 bits per heavy atom. The van der Waals surface area contributed by atoms with Crippen molar-refractivity contribution in [2.75, 3.05) is 19.0 Å². The number of rotatable bonds is 7. The summed E-state index contributed by atoms with van der Waals surface area (Å²) in [5.41, 5.74) is 2.71. The number of thiophene rings is 1. The molecule has 0 aliphatic heterocycles. The molecule has 0 atom stereocenters. The number of carbonyl (C=O) groups is 2. The second-order valence-corrected chi connectivity index (χ2v) is 7.03. The first-order chi connectivity index (χ1) is 11.9. The van der Waals surface area contributed by atoms with Crippen LogP contribution in [0.4, 0.5) is 5.69 Å². The molecule has 25 heavy (non-hydrogen) atoms. The lowest BCUT2D eigenvalue weighted by Gasteiger charge is -2.11. The Balaban J connectivity index is 1.94. The lowest BCUT2D eigenvalue weighted by Crippen LogP contribution is -2.21. The van der Waals surface area contributed by atoms with E-state index in [0.717, 1.165) is 28.8 Å². The van der Waals surface area contributed by atoms with Gasteiger partial charge in [0.25, 0.3) is 5.91 Å². The van der Waals surface area contributed by atoms with Crippen LogP contribution in [0.1, 0.15) is 39.0 Å². The zero-order chi connectivity index (χ0) is 18.4. The Morgan fingerprint density at radius 3 is 2.64 bits per heavy atom. The second-order valence-electron chi connectivity index (χ2n) is 5.77. The Bertz CT molecular complexity index is 767. The molecule has 0 saturated carbocycles. The molecule has 1 aromatic carbocycles. The van der Waals surface area contributed by atoms with E-state index in [1.807, 2.05) is 26.0 Å². The van der Waals surface area contributed by atoms with E-state index in [2.05, 4.69) is 12.2 Å². The first kappa shape index (κ1) is 19.0. The van der Waals surface area contributed by atoms with Gasteiger partial charge >= 0.3 is 5.97 Å². The number of methoxy groups -OCH3 is 1. The van der Waals surface area contributed by atoms with Gasteiger partial charge in [-0.2, -0.15) is 0 Å². The predicted molar refractivity (Wildman–Crippen MR) is 99.7 cm³/mol. The summed E-state index contributed by atoms with van der Waals surface area (Å²) in [6, 6.07) is 7.33. The third-order valence-corrected chi connectivity index (χ3v) is 4.78. The molecule has 0 unspecified atom stereocenters. The molecule has 0 aliphatic rings. The van der Waals surface area contributed by atoms with E-state index in [4.69, 9.17) is 9.47 Å². The first-order valence-electron chi connectivity index (χ1n) is 8.15. The van der Waals surface area contributed by atoms with Crippen LogP contribution < -0.4 is 10.1 Å². The molecular formula is C19H23NO4S. The van der Waals surface area contributed by atoms with Crippen LogP contribution in [-0.2, 0) is 16.0 Å². The van der Waals surface area contributed by atoms with Crippen LogP contribution in [0.2, 0.25) is 0 Å². The number of anilines is 1. The molecule has 0 spiro atoms.